The quantitative estimate of drug-likeness (QED) is 0.214. The Balaban J connectivity index is 3.45. The fourth-order valence-electron chi connectivity index (χ4n) is 1.69. The summed E-state index contributed by atoms with van der Waals surface area (Å²) in [5.74, 6) is -2.37. The van der Waals surface area contributed by atoms with Crippen molar-refractivity contribution < 1.29 is 38.1 Å². The second kappa shape index (κ2) is 14.5. The number of unbranched alkanes of at least 4 members (excludes halogenated alkanes) is 3. The summed E-state index contributed by atoms with van der Waals surface area (Å²) in [5, 5.41) is 0. The minimum absolute atomic E-state index is 0.233. The summed E-state index contributed by atoms with van der Waals surface area (Å²) in [6.45, 7) is 4.27. The van der Waals surface area contributed by atoms with Gasteiger partial charge in [0.1, 0.15) is 12.8 Å². The minimum Gasteiger partial charge on any atom is -0.466 e. The fourth-order valence-corrected chi connectivity index (χ4v) is 1.69. The SMILES string of the molecule is CCOC(=O)CC(=O)OCCCCCCOC(=O)CC(=O)OCC. The van der Waals surface area contributed by atoms with Gasteiger partial charge >= 0.3 is 23.9 Å². The second-order valence-electron chi connectivity index (χ2n) is 4.82. The second-order valence-corrected chi connectivity index (χ2v) is 4.82. The Morgan fingerprint density at radius 3 is 1.21 bits per heavy atom. The maximum Gasteiger partial charge on any atom is 0.317 e. The van der Waals surface area contributed by atoms with E-state index in [4.69, 9.17) is 9.47 Å². The Morgan fingerprint density at radius 1 is 0.542 bits per heavy atom. The minimum atomic E-state index is -0.596. The van der Waals surface area contributed by atoms with Crippen LogP contribution in [-0.2, 0) is 38.1 Å². The first-order valence-electron chi connectivity index (χ1n) is 8.12. The highest BCUT2D eigenvalue weighted by Gasteiger charge is 2.12. The third-order valence-corrected chi connectivity index (χ3v) is 2.75. The lowest BCUT2D eigenvalue weighted by Gasteiger charge is -2.06. The van der Waals surface area contributed by atoms with Crippen LogP contribution in [0.1, 0.15) is 52.4 Å². The van der Waals surface area contributed by atoms with E-state index in [0.29, 0.717) is 12.8 Å². The molecule has 0 rings (SSSR count). The van der Waals surface area contributed by atoms with Crippen LogP contribution in [0, 0.1) is 0 Å². The van der Waals surface area contributed by atoms with Gasteiger partial charge in [-0.25, -0.2) is 0 Å². The van der Waals surface area contributed by atoms with Crippen molar-refractivity contribution in [1.82, 2.24) is 0 Å². The van der Waals surface area contributed by atoms with Crippen LogP contribution in [0.4, 0.5) is 0 Å². The van der Waals surface area contributed by atoms with Gasteiger partial charge in [-0.1, -0.05) is 0 Å². The molecule has 0 radical (unpaired) electrons. The molecule has 0 heterocycles. The molecule has 138 valence electrons. The smallest absolute Gasteiger partial charge is 0.317 e. The predicted molar refractivity (Wildman–Crippen MR) is 82.9 cm³/mol. The van der Waals surface area contributed by atoms with E-state index in [0.717, 1.165) is 12.8 Å². The molecular formula is C16H26O8. The summed E-state index contributed by atoms with van der Waals surface area (Å²) < 4.78 is 19.0. The highest BCUT2D eigenvalue weighted by atomic mass is 16.6. The van der Waals surface area contributed by atoms with Crippen molar-refractivity contribution in [2.75, 3.05) is 26.4 Å². The van der Waals surface area contributed by atoms with Crippen molar-refractivity contribution in [3.8, 4) is 0 Å². The third-order valence-electron chi connectivity index (χ3n) is 2.75. The molecule has 0 amide bonds. The Hall–Kier alpha value is -2.12. The molecule has 24 heavy (non-hydrogen) atoms. The van der Waals surface area contributed by atoms with Crippen molar-refractivity contribution in [1.29, 1.82) is 0 Å². The topological polar surface area (TPSA) is 105 Å². The van der Waals surface area contributed by atoms with Gasteiger partial charge in [0, 0.05) is 0 Å². The maximum atomic E-state index is 11.3. The van der Waals surface area contributed by atoms with E-state index in [1.54, 1.807) is 13.8 Å². The number of rotatable bonds is 13. The van der Waals surface area contributed by atoms with E-state index in [-0.39, 0.29) is 39.3 Å². The molecule has 0 aromatic rings. The highest BCUT2D eigenvalue weighted by molar-refractivity contribution is 5.91. The van der Waals surface area contributed by atoms with Gasteiger partial charge in [-0.15, -0.1) is 0 Å². The van der Waals surface area contributed by atoms with Gasteiger partial charge in [-0.3, -0.25) is 19.2 Å². The lowest BCUT2D eigenvalue weighted by atomic mass is 10.2. The van der Waals surface area contributed by atoms with Gasteiger partial charge in [0.05, 0.1) is 26.4 Å². The maximum absolute atomic E-state index is 11.3. The first-order chi connectivity index (χ1) is 11.5. The number of ether oxygens (including phenoxy) is 4. The molecule has 0 unspecified atom stereocenters. The monoisotopic (exact) mass is 346 g/mol. The van der Waals surface area contributed by atoms with Crippen LogP contribution in [0.3, 0.4) is 0 Å². The lowest BCUT2D eigenvalue weighted by molar-refractivity contribution is -0.156. The third kappa shape index (κ3) is 13.5. The Bertz CT molecular complexity index is 367. The molecule has 0 aliphatic heterocycles. The fraction of sp³-hybridized carbons (Fsp3) is 0.750. The first kappa shape index (κ1) is 21.9. The zero-order valence-electron chi connectivity index (χ0n) is 14.3. The summed E-state index contributed by atoms with van der Waals surface area (Å²) >= 11 is 0. The van der Waals surface area contributed by atoms with Crippen LogP contribution in [0.15, 0.2) is 0 Å². The zero-order chi connectivity index (χ0) is 18.2. The normalized spacial score (nSPS) is 9.92. The molecule has 0 spiro atoms. The zero-order valence-corrected chi connectivity index (χ0v) is 14.3. The standard InChI is InChI=1S/C16H26O8/c1-3-21-13(17)11-15(19)23-9-7-5-6-8-10-24-16(20)12-14(18)22-4-2/h3-12H2,1-2H3. The average Bonchev–Trinajstić information content (AvgIpc) is 2.50. The molecule has 0 bridgehead atoms. The molecule has 8 nitrogen and oxygen atoms in total. The van der Waals surface area contributed by atoms with E-state index >= 15 is 0 Å². The molecule has 0 atom stereocenters. The summed E-state index contributed by atoms with van der Waals surface area (Å²) in [5.41, 5.74) is 0. The number of hydrogen-bond acceptors (Lipinski definition) is 8. The van der Waals surface area contributed by atoms with E-state index in [9.17, 15) is 19.2 Å². The van der Waals surface area contributed by atoms with E-state index in [1.807, 2.05) is 0 Å². The lowest BCUT2D eigenvalue weighted by Crippen LogP contribution is -2.14. The largest absolute Gasteiger partial charge is 0.466 e. The van der Waals surface area contributed by atoms with Crippen molar-refractivity contribution in [3.63, 3.8) is 0 Å². The van der Waals surface area contributed by atoms with Crippen molar-refractivity contribution in [2.45, 2.75) is 52.4 Å². The van der Waals surface area contributed by atoms with Crippen molar-refractivity contribution in [2.24, 2.45) is 0 Å². The molecule has 0 aromatic carbocycles. The van der Waals surface area contributed by atoms with Gasteiger partial charge in [0.25, 0.3) is 0 Å². The number of carbonyl (C=O) groups excluding carboxylic acids is 4. The van der Waals surface area contributed by atoms with E-state index in [2.05, 4.69) is 9.47 Å². The molecule has 0 fully saturated rings. The highest BCUT2D eigenvalue weighted by Crippen LogP contribution is 2.02. The van der Waals surface area contributed by atoms with Crippen LogP contribution >= 0.6 is 0 Å². The van der Waals surface area contributed by atoms with E-state index < -0.39 is 23.9 Å². The average molecular weight is 346 g/mol. The first-order valence-corrected chi connectivity index (χ1v) is 8.12. The van der Waals surface area contributed by atoms with Crippen LogP contribution < -0.4 is 0 Å². The summed E-state index contributed by atoms with van der Waals surface area (Å²) in [4.78, 5) is 44.6. The van der Waals surface area contributed by atoms with Crippen molar-refractivity contribution >= 4 is 23.9 Å². The van der Waals surface area contributed by atoms with Gasteiger partial charge in [-0.05, 0) is 39.5 Å². The molecule has 0 saturated heterocycles. The summed E-state index contributed by atoms with van der Waals surface area (Å²) in [6.07, 6.45) is 2.16. The molecule has 0 saturated carbocycles. The Labute approximate surface area is 141 Å². The number of esters is 4. The van der Waals surface area contributed by atoms with Gasteiger partial charge in [-0.2, -0.15) is 0 Å². The summed E-state index contributed by atoms with van der Waals surface area (Å²) in [7, 11) is 0. The Kier molecular flexibility index (Phi) is 13.2. The van der Waals surface area contributed by atoms with Gasteiger partial charge < -0.3 is 18.9 Å². The van der Waals surface area contributed by atoms with Crippen LogP contribution in [0.2, 0.25) is 0 Å². The number of hydrogen-bond donors (Lipinski definition) is 0. The molecular weight excluding hydrogens is 320 g/mol. The molecule has 8 heteroatoms. The van der Waals surface area contributed by atoms with Crippen LogP contribution in [-0.4, -0.2) is 50.3 Å². The van der Waals surface area contributed by atoms with Gasteiger partial charge in [0.2, 0.25) is 0 Å². The van der Waals surface area contributed by atoms with E-state index in [1.165, 1.54) is 0 Å². The molecule has 0 aliphatic rings. The Morgan fingerprint density at radius 2 is 0.875 bits per heavy atom. The molecule has 0 aromatic heterocycles. The molecule has 0 N–H and O–H groups in total. The van der Waals surface area contributed by atoms with Crippen LogP contribution in [0.25, 0.3) is 0 Å². The molecule has 0 aliphatic carbocycles. The summed E-state index contributed by atoms with van der Waals surface area (Å²) in [6, 6.07) is 0. The van der Waals surface area contributed by atoms with Crippen molar-refractivity contribution in [3.05, 3.63) is 0 Å². The number of carbonyl (C=O) groups is 4. The van der Waals surface area contributed by atoms with Crippen LogP contribution in [0.5, 0.6) is 0 Å². The predicted octanol–water partition coefficient (Wildman–Crippen LogP) is 1.54. The van der Waals surface area contributed by atoms with Gasteiger partial charge in [0.15, 0.2) is 0 Å².